The highest BCUT2D eigenvalue weighted by atomic mass is 32.2. The number of thioether (sulfide) groups is 2. The highest BCUT2D eigenvalue weighted by Gasteiger charge is 2.48. The lowest BCUT2D eigenvalue weighted by molar-refractivity contribution is -0.208. The lowest BCUT2D eigenvalue weighted by atomic mass is 9.86. The molecule has 8 atom stereocenters. The lowest BCUT2D eigenvalue weighted by Crippen LogP contribution is -2.65. The summed E-state index contributed by atoms with van der Waals surface area (Å²) in [5, 5.41) is 34.6. The molecule has 0 saturated carbocycles. The number of amides is 2. The van der Waals surface area contributed by atoms with E-state index >= 15 is 0 Å². The van der Waals surface area contributed by atoms with Crippen LogP contribution in [0.15, 0.2) is 22.8 Å². The molecule has 0 spiro atoms. The van der Waals surface area contributed by atoms with Gasteiger partial charge >= 0.3 is 6.09 Å². The minimum atomic E-state index is -1.41. The van der Waals surface area contributed by atoms with Crippen molar-refractivity contribution in [3.8, 4) is 0 Å². The summed E-state index contributed by atoms with van der Waals surface area (Å²) in [5.74, 6) is 2.51. The van der Waals surface area contributed by atoms with E-state index in [4.69, 9.17) is 13.9 Å². The fourth-order valence-electron chi connectivity index (χ4n) is 5.38. The van der Waals surface area contributed by atoms with Crippen LogP contribution >= 0.6 is 23.5 Å². The van der Waals surface area contributed by atoms with Crippen LogP contribution in [0.5, 0.6) is 0 Å². The van der Waals surface area contributed by atoms with E-state index in [-0.39, 0.29) is 17.7 Å². The van der Waals surface area contributed by atoms with Gasteiger partial charge in [0.25, 0.3) is 0 Å². The van der Waals surface area contributed by atoms with Crippen molar-refractivity contribution in [2.24, 2.45) is 11.8 Å². The maximum absolute atomic E-state index is 13.9. The molecule has 4 N–H and O–H groups in total. The second kappa shape index (κ2) is 15.3. The molecular formula is C29H48N2O8S2. The van der Waals surface area contributed by atoms with E-state index < -0.39 is 53.6 Å². The average Bonchev–Trinajstić information content (AvgIpc) is 3.43. The number of furan rings is 1. The van der Waals surface area contributed by atoms with Gasteiger partial charge in [0.2, 0.25) is 5.91 Å². The second-order valence-corrected chi connectivity index (χ2v) is 14.4. The maximum atomic E-state index is 13.9. The maximum Gasteiger partial charge on any atom is 0.410 e. The Labute approximate surface area is 252 Å². The summed E-state index contributed by atoms with van der Waals surface area (Å²) >= 11 is 3.04. The number of hydrogen-bond donors (Lipinski definition) is 4. The van der Waals surface area contributed by atoms with Gasteiger partial charge in [-0.1, -0.05) is 13.8 Å². The fraction of sp³-hybridized carbons (Fsp3) is 0.793. The Morgan fingerprint density at radius 2 is 1.93 bits per heavy atom. The molecule has 10 nitrogen and oxygen atoms in total. The number of ether oxygens (including phenoxy) is 2. The summed E-state index contributed by atoms with van der Waals surface area (Å²) < 4.78 is 17.0. The van der Waals surface area contributed by atoms with Crippen LogP contribution in [0.2, 0.25) is 0 Å². The Morgan fingerprint density at radius 3 is 2.54 bits per heavy atom. The number of carbonyl (C=O) groups is 2. The van der Waals surface area contributed by atoms with Crippen molar-refractivity contribution in [1.29, 1.82) is 0 Å². The van der Waals surface area contributed by atoms with Gasteiger partial charge in [-0.2, -0.15) is 11.8 Å². The van der Waals surface area contributed by atoms with Gasteiger partial charge in [-0.05, 0) is 82.4 Å². The lowest BCUT2D eigenvalue weighted by Gasteiger charge is -2.45. The van der Waals surface area contributed by atoms with Gasteiger partial charge in [-0.25, -0.2) is 4.79 Å². The number of nitrogens with zero attached hydrogens (tertiary/aromatic N) is 1. The largest absolute Gasteiger partial charge is 0.468 e. The van der Waals surface area contributed by atoms with Gasteiger partial charge in [-0.15, -0.1) is 11.8 Å². The quantitative estimate of drug-likeness (QED) is 0.273. The van der Waals surface area contributed by atoms with Crippen LogP contribution < -0.4 is 5.32 Å². The van der Waals surface area contributed by atoms with Crippen molar-refractivity contribution in [2.45, 2.75) is 114 Å². The number of piperidine rings is 1. The normalized spacial score (nSPS) is 29.8. The van der Waals surface area contributed by atoms with Gasteiger partial charge < -0.3 is 34.5 Å². The summed E-state index contributed by atoms with van der Waals surface area (Å²) in [6.07, 6.45) is 1.12. The summed E-state index contributed by atoms with van der Waals surface area (Å²) in [5.41, 5.74) is -1.45. The minimum Gasteiger partial charge on any atom is -0.468 e. The van der Waals surface area contributed by atoms with Crippen LogP contribution in [0.25, 0.3) is 0 Å². The molecule has 0 radical (unpaired) electrons. The zero-order valence-corrected chi connectivity index (χ0v) is 26.7. The zero-order chi connectivity index (χ0) is 30.3. The molecule has 2 saturated heterocycles. The SMILES string of the molecule is CSC1OC(C(NC(=O)C2CC(CCCSCc3ccco3)CCN2C(=O)OC(C)(C)C)C(C)C)C(O)C(O)C1O. The van der Waals surface area contributed by atoms with Crippen LogP contribution in [0, 0.1) is 11.8 Å². The Morgan fingerprint density at radius 1 is 1.20 bits per heavy atom. The van der Waals surface area contributed by atoms with Crippen LogP contribution in [-0.2, 0) is 20.0 Å². The first-order valence-corrected chi connectivity index (χ1v) is 16.9. The zero-order valence-electron chi connectivity index (χ0n) is 25.0. The van der Waals surface area contributed by atoms with E-state index in [0.717, 1.165) is 36.5 Å². The third kappa shape index (κ3) is 9.53. The number of hydrogen-bond acceptors (Lipinski definition) is 10. The molecular weight excluding hydrogens is 568 g/mol. The van der Waals surface area contributed by atoms with Crippen molar-refractivity contribution in [3.05, 3.63) is 24.2 Å². The molecule has 0 aliphatic carbocycles. The highest BCUT2D eigenvalue weighted by Crippen LogP contribution is 2.32. The van der Waals surface area contributed by atoms with Gasteiger partial charge in [0.15, 0.2) is 0 Å². The number of aliphatic hydroxyl groups excluding tert-OH is 3. The Kier molecular flexibility index (Phi) is 12.7. The predicted molar refractivity (Wildman–Crippen MR) is 161 cm³/mol. The third-order valence-corrected chi connectivity index (χ3v) is 9.51. The first-order chi connectivity index (χ1) is 19.3. The molecule has 41 heavy (non-hydrogen) atoms. The van der Waals surface area contributed by atoms with Crippen LogP contribution in [0.3, 0.4) is 0 Å². The molecule has 2 amide bonds. The molecule has 0 bridgehead atoms. The number of aliphatic hydroxyl groups is 3. The second-order valence-electron chi connectivity index (χ2n) is 12.3. The number of rotatable bonds is 11. The Balaban J connectivity index is 1.69. The molecule has 2 fully saturated rings. The van der Waals surface area contributed by atoms with Crippen LogP contribution in [0.4, 0.5) is 4.79 Å². The molecule has 12 heteroatoms. The molecule has 8 unspecified atom stereocenters. The van der Waals surface area contributed by atoms with Crippen LogP contribution in [0.1, 0.15) is 66.1 Å². The van der Waals surface area contributed by atoms with Gasteiger partial charge in [0.05, 0.1) is 18.1 Å². The van der Waals surface area contributed by atoms with Gasteiger partial charge in [-0.3, -0.25) is 9.69 Å². The summed E-state index contributed by atoms with van der Waals surface area (Å²) in [6.45, 7) is 9.58. The first-order valence-electron chi connectivity index (χ1n) is 14.4. The first kappa shape index (κ1) is 34.1. The van der Waals surface area contributed by atoms with E-state index in [1.54, 1.807) is 33.3 Å². The van der Waals surface area contributed by atoms with Crippen LogP contribution in [-0.4, -0.2) is 98.3 Å². The number of nitrogens with one attached hydrogen (secondary N) is 1. The molecule has 3 rings (SSSR count). The standard InChI is InChI=1S/C29H48N2O8S2/c1-17(2)21(25-23(33)22(32)24(34)27(38-25)40-6)30-26(35)20-15-18(9-8-14-41-16-19-10-7-13-37-19)11-12-31(20)28(36)39-29(3,4)5/h7,10,13,17-18,20-25,27,32-34H,8-9,11-12,14-16H2,1-6H3,(H,30,35). The summed E-state index contributed by atoms with van der Waals surface area (Å²) in [4.78, 5) is 28.5. The van der Waals surface area contributed by atoms with Crippen molar-refractivity contribution < 1.29 is 38.8 Å². The molecule has 1 aromatic rings. The molecule has 234 valence electrons. The van der Waals surface area contributed by atoms with E-state index in [1.807, 2.05) is 37.7 Å². The Bertz CT molecular complexity index is 955. The van der Waals surface area contributed by atoms with E-state index in [0.29, 0.717) is 13.0 Å². The number of likely N-dealkylation sites (tertiary alicyclic amines) is 1. The van der Waals surface area contributed by atoms with Crippen molar-refractivity contribution in [2.75, 3.05) is 18.6 Å². The topological polar surface area (TPSA) is 142 Å². The van der Waals surface area contributed by atoms with Crippen molar-refractivity contribution in [1.82, 2.24) is 10.2 Å². The summed E-state index contributed by atoms with van der Waals surface area (Å²) in [7, 11) is 0. The smallest absolute Gasteiger partial charge is 0.410 e. The van der Waals surface area contributed by atoms with Gasteiger partial charge in [0, 0.05) is 6.54 Å². The highest BCUT2D eigenvalue weighted by molar-refractivity contribution is 7.99. The van der Waals surface area contributed by atoms with Crippen molar-refractivity contribution >= 4 is 35.5 Å². The molecule has 1 aromatic heterocycles. The minimum absolute atomic E-state index is 0.163. The van der Waals surface area contributed by atoms with E-state index in [1.165, 1.54) is 16.7 Å². The molecule has 2 aliphatic heterocycles. The monoisotopic (exact) mass is 616 g/mol. The third-order valence-electron chi connectivity index (χ3n) is 7.59. The van der Waals surface area contributed by atoms with E-state index in [2.05, 4.69) is 5.32 Å². The summed E-state index contributed by atoms with van der Waals surface area (Å²) in [6, 6.07) is 2.45. The Hall–Kier alpha value is -1.44. The molecule has 2 aliphatic rings. The predicted octanol–water partition coefficient (Wildman–Crippen LogP) is 3.62. The number of carbonyl (C=O) groups excluding carboxylic acids is 2. The average molecular weight is 617 g/mol. The molecule has 3 heterocycles. The molecule has 0 aromatic carbocycles. The fourth-order valence-corrected chi connectivity index (χ4v) is 6.94. The van der Waals surface area contributed by atoms with Gasteiger partial charge in [0.1, 0.15) is 47.3 Å². The van der Waals surface area contributed by atoms with E-state index in [9.17, 15) is 24.9 Å². The van der Waals surface area contributed by atoms with Crippen molar-refractivity contribution in [3.63, 3.8) is 0 Å².